The van der Waals surface area contributed by atoms with Crippen molar-refractivity contribution in [2.75, 3.05) is 76.0 Å². The Morgan fingerprint density at radius 2 is 0.615 bits per heavy atom. The number of nitrogens with zero attached hydrogens (tertiary/aromatic N) is 8. The number of anilines is 4. The summed E-state index contributed by atoms with van der Waals surface area (Å²) in [5, 5.41) is 0. The van der Waals surface area contributed by atoms with Crippen LogP contribution in [0.2, 0.25) is 0 Å². The Labute approximate surface area is 232 Å². The van der Waals surface area contributed by atoms with Gasteiger partial charge in [-0.3, -0.25) is 0 Å². The molecule has 0 N–H and O–H groups in total. The highest BCUT2D eigenvalue weighted by Crippen LogP contribution is 2.44. The van der Waals surface area contributed by atoms with Crippen LogP contribution in [-0.4, -0.2) is 56.4 Å². The molecule has 0 aliphatic heterocycles. The first-order chi connectivity index (χ1) is 18.6. The Hall–Kier alpha value is -4.46. The van der Waals surface area contributed by atoms with Gasteiger partial charge in [-0.05, 0) is 0 Å². The molecular formula is C31H40N8+4. The molecule has 0 unspecified atom stereocenters. The monoisotopic (exact) mass is 524 g/mol. The second-order valence-electron chi connectivity index (χ2n) is 10.8. The predicted octanol–water partition coefficient (Wildman–Crippen LogP) is 1.84. The van der Waals surface area contributed by atoms with E-state index in [1.54, 1.807) is 0 Å². The number of allylic oxidation sites excluding steroid dienone is 2. The minimum atomic E-state index is -0.565. The van der Waals surface area contributed by atoms with Crippen LogP contribution >= 0.6 is 0 Å². The van der Waals surface area contributed by atoms with Gasteiger partial charge in [0.25, 0.3) is 0 Å². The van der Waals surface area contributed by atoms with Crippen LogP contribution in [0.5, 0.6) is 0 Å². The predicted molar refractivity (Wildman–Crippen MR) is 157 cm³/mol. The van der Waals surface area contributed by atoms with Gasteiger partial charge in [-0.25, -0.2) is 0 Å². The normalized spacial score (nSPS) is 13.7. The lowest BCUT2D eigenvalue weighted by molar-refractivity contribution is -0.967. The zero-order valence-electron chi connectivity index (χ0n) is 24.3. The number of pyridine rings is 4. The van der Waals surface area contributed by atoms with E-state index in [1.165, 1.54) is 11.4 Å². The Morgan fingerprint density at radius 1 is 0.385 bits per heavy atom. The van der Waals surface area contributed by atoms with Crippen molar-refractivity contribution >= 4 is 34.1 Å². The average Bonchev–Trinajstić information content (AvgIpc) is 3.64. The van der Waals surface area contributed by atoms with Gasteiger partial charge in [0, 0.05) is 128 Å². The fraction of sp³-hybridized carbons (Fsp3) is 0.290. The average molecular weight is 525 g/mol. The van der Waals surface area contributed by atoms with E-state index in [0.717, 1.165) is 22.7 Å². The third-order valence-corrected chi connectivity index (χ3v) is 7.40. The molecule has 5 rings (SSSR count). The molecule has 0 aromatic carbocycles. The first-order valence-electron chi connectivity index (χ1n) is 13.2. The maximum atomic E-state index is 2.31. The van der Waals surface area contributed by atoms with E-state index in [-0.39, 0.29) is 0 Å². The first kappa shape index (κ1) is 26.2. The van der Waals surface area contributed by atoms with Crippen LogP contribution in [0.15, 0.2) is 98.1 Å². The third kappa shape index (κ3) is 4.56. The van der Waals surface area contributed by atoms with Crippen molar-refractivity contribution in [3.8, 4) is 0 Å². The van der Waals surface area contributed by atoms with Crippen LogP contribution in [0, 0.1) is 0 Å². The largest absolute Gasteiger partial charge is 0.547 e. The van der Waals surface area contributed by atoms with Gasteiger partial charge in [-0.1, -0.05) is 0 Å². The van der Waals surface area contributed by atoms with E-state index in [0.29, 0.717) is 0 Å². The summed E-state index contributed by atoms with van der Waals surface area (Å²) in [4.78, 5) is 8.50. The minimum Gasteiger partial charge on any atom is -0.377 e. The second-order valence-corrected chi connectivity index (χ2v) is 10.8. The minimum absolute atomic E-state index is 0.565. The Bertz CT molecular complexity index is 1350. The van der Waals surface area contributed by atoms with Gasteiger partial charge in [0.1, 0.15) is 0 Å². The fourth-order valence-corrected chi connectivity index (χ4v) is 5.06. The summed E-state index contributed by atoms with van der Waals surface area (Å²) in [5.74, 6) is 0. The van der Waals surface area contributed by atoms with Gasteiger partial charge in [-0.15, -0.1) is 9.13 Å². The fourth-order valence-electron chi connectivity index (χ4n) is 5.06. The summed E-state index contributed by atoms with van der Waals surface area (Å²) in [6.07, 6.45) is 17.3. The number of hydrogen-bond donors (Lipinski definition) is 0. The molecule has 200 valence electrons. The maximum absolute atomic E-state index is 2.31. The number of aromatic nitrogens is 4. The van der Waals surface area contributed by atoms with Crippen LogP contribution in [0.25, 0.3) is 11.4 Å². The van der Waals surface area contributed by atoms with Crippen molar-refractivity contribution in [3.05, 3.63) is 98.1 Å². The van der Waals surface area contributed by atoms with Gasteiger partial charge in [0.05, 0.1) is 0 Å². The zero-order chi connectivity index (χ0) is 27.9. The summed E-state index contributed by atoms with van der Waals surface area (Å²) in [5.41, 5.74) is 6.43. The van der Waals surface area contributed by atoms with E-state index in [2.05, 4.69) is 192 Å². The van der Waals surface area contributed by atoms with Crippen LogP contribution in [0.1, 0.15) is 0 Å². The van der Waals surface area contributed by atoms with Crippen molar-refractivity contribution in [1.29, 1.82) is 0 Å². The molecule has 0 saturated heterocycles. The standard InChI is InChI=1S/C31H40N8/c1-32(2)25-9-17-36(18-10-25)29-30(37-19-11-26(12-20-37)33(3)4)31(29,38-21-13-27(14-22-38)34(5)6)39-23-15-28(16-24-39)35(7)8/h9-24H,1-8H3/q+4. The van der Waals surface area contributed by atoms with Crippen LogP contribution in [0.3, 0.4) is 0 Å². The van der Waals surface area contributed by atoms with E-state index in [1.807, 2.05) is 0 Å². The van der Waals surface area contributed by atoms with Gasteiger partial charge in [0.15, 0.2) is 49.6 Å². The molecule has 0 amide bonds. The van der Waals surface area contributed by atoms with Gasteiger partial charge < -0.3 is 19.6 Å². The molecule has 4 aromatic heterocycles. The third-order valence-electron chi connectivity index (χ3n) is 7.40. The zero-order valence-corrected chi connectivity index (χ0v) is 24.3. The molecule has 1 aliphatic carbocycles. The topological polar surface area (TPSA) is 28.5 Å². The molecule has 8 nitrogen and oxygen atoms in total. The van der Waals surface area contributed by atoms with Crippen molar-refractivity contribution in [3.63, 3.8) is 0 Å². The summed E-state index contributed by atoms with van der Waals surface area (Å²) >= 11 is 0. The maximum Gasteiger partial charge on any atom is 0.547 e. The van der Waals surface area contributed by atoms with E-state index < -0.39 is 5.66 Å². The van der Waals surface area contributed by atoms with Crippen LogP contribution < -0.4 is 37.9 Å². The second kappa shape index (κ2) is 10.0. The van der Waals surface area contributed by atoms with Crippen molar-refractivity contribution < 1.29 is 18.3 Å². The van der Waals surface area contributed by atoms with Gasteiger partial charge >= 0.3 is 17.1 Å². The van der Waals surface area contributed by atoms with E-state index in [9.17, 15) is 0 Å². The molecular weight excluding hydrogens is 484 g/mol. The highest BCUT2D eigenvalue weighted by Gasteiger charge is 2.88. The summed E-state index contributed by atoms with van der Waals surface area (Å²) in [6, 6.07) is 17.3. The highest BCUT2D eigenvalue weighted by atomic mass is 15.4. The van der Waals surface area contributed by atoms with Crippen molar-refractivity contribution in [2.24, 2.45) is 0 Å². The molecule has 39 heavy (non-hydrogen) atoms. The van der Waals surface area contributed by atoms with E-state index in [4.69, 9.17) is 0 Å². The quantitative estimate of drug-likeness (QED) is 0.329. The van der Waals surface area contributed by atoms with Gasteiger partial charge in [-0.2, -0.15) is 9.13 Å². The molecule has 8 heteroatoms. The first-order valence-corrected chi connectivity index (χ1v) is 13.2. The molecule has 0 atom stereocenters. The van der Waals surface area contributed by atoms with Gasteiger partial charge in [0.2, 0.25) is 0 Å². The number of hydrogen-bond acceptors (Lipinski definition) is 4. The lowest BCUT2D eigenvalue weighted by Crippen LogP contribution is -2.70. The van der Waals surface area contributed by atoms with Crippen LogP contribution in [0.4, 0.5) is 22.7 Å². The van der Waals surface area contributed by atoms with Crippen molar-refractivity contribution in [1.82, 2.24) is 0 Å². The Balaban J connectivity index is 1.74. The molecule has 1 aliphatic rings. The van der Waals surface area contributed by atoms with Crippen molar-refractivity contribution in [2.45, 2.75) is 5.66 Å². The highest BCUT2D eigenvalue weighted by molar-refractivity contribution is 5.89. The summed E-state index contributed by atoms with van der Waals surface area (Å²) < 4.78 is 9.10. The smallest absolute Gasteiger partial charge is 0.377 e. The molecule has 0 saturated carbocycles. The molecule has 0 spiro atoms. The SMILES string of the molecule is CN(C)c1cc[n+](C2=C([n+]3ccc(N(C)C)cc3)C2([n+]2ccc(N(C)C)cc2)[n+]2ccc(N(C)C)cc2)cc1. The lowest BCUT2D eigenvalue weighted by Gasteiger charge is -2.13. The lowest BCUT2D eigenvalue weighted by atomic mass is 10.2. The Kier molecular flexibility index (Phi) is 6.72. The summed E-state index contributed by atoms with van der Waals surface area (Å²) in [7, 11) is 16.6. The summed E-state index contributed by atoms with van der Waals surface area (Å²) in [6.45, 7) is 0. The number of rotatable bonds is 8. The Morgan fingerprint density at radius 3 is 0.846 bits per heavy atom. The van der Waals surface area contributed by atoms with E-state index >= 15 is 0 Å². The molecule has 0 radical (unpaired) electrons. The molecule has 0 fully saturated rings. The molecule has 0 bridgehead atoms. The molecule has 4 aromatic rings. The van der Waals surface area contributed by atoms with Crippen LogP contribution in [-0.2, 0) is 5.66 Å². The molecule has 4 heterocycles.